The molecule has 0 spiro atoms. The smallest absolute Gasteiger partial charge is 0.350 e. The fraction of sp³-hybridized carbons (Fsp3) is 0.600. The molecule has 0 unspecified atom stereocenters. The number of nitrogens with zero attached hydrogens (tertiary/aromatic N) is 1. The molecule has 1 aliphatic heterocycles. The van der Waals surface area contributed by atoms with Crippen LogP contribution in [0.4, 0.5) is 0 Å². The molecule has 0 aromatic carbocycles. The Morgan fingerprint density at radius 3 is 2.46 bits per heavy atom. The van der Waals surface area contributed by atoms with Crippen LogP contribution in [0.2, 0.25) is 0 Å². The molecule has 0 aliphatic carbocycles. The van der Waals surface area contributed by atoms with E-state index in [0.29, 0.717) is 13.1 Å². The van der Waals surface area contributed by atoms with Crippen LogP contribution >= 0.6 is 11.3 Å². The molecule has 0 atom stereocenters. The van der Waals surface area contributed by atoms with Gasteiger partial charge in [0, 0.05) is 13.1 Å². The van der Waals surface area contributed by atoms with Crippen LogP contribution in [0.1, 0.15) is 43.3 Å². The van der Waals surface area contributed by atoms with Gasteiger partial charge in [0.1, 0.15) is 15.4 Å². The maximum atomic E-state index is 12.6. The first-order valence-electron chi connectivity index (χ1n) is 7.58. The Hall–Kier alpha value is -1.45. The number of esters is 2. The molecule has 1 aromatic heterocycles. The summed E-state index contributed by atoms with van der Waals surface area (Å²) in [5.41, 5.74) is -0.684. The molecule has 2 heterocycles. The zero-order chi connectivity index (χ0) is 18.0. The van der Waals surface area contributed by atoms with Crippen LogP contribution in [0, 0.1) is 0 Å². The van der Waals surface area contributed by atoms with Gasteiger partial charge in [-0.3, -0.25) is 0 Å². The lowest BCUT2D eigenvalue weighted by Crippen LogP contribution is -2.29. The van der Waals surface area contributed by atoms with Crippen molar-refractivity contribution < 1.29 is 27.5 Å². The third-order valence-electron chi connectivity index (χ3n) is 3.24. The minimum atomic E-state index is -3.71. The topological polar surface area (TPSA) is 90.0 Å². The number of hydrogen-bond acceptors (Lipinski definition) is 7. The van der Waals surface area contributed by atoms with Crippen LogP contribution in [0.25, 0.3) is 0 Å². The van der Waals surface area contributed by atoms with Crippen molar-refractivity contribution in [3.8, 4) is 0 Å². The summed E-state index contributed by atoms with van der Waals surface area (Å²) in [5.74, 6) is -1.52. The predicted molar refractivity (Wildman–Crippen MR) is 88.4 cm³/mol. The average Bonchev–Trinajstić information content (AvgIpc) is 3.13. The number of rotatable bonds is 5. The van der Waals surface area contributed by atoms with Gasteiger partial charge in [0.2, 0.25) is 10.0 Å². The summed E-state index contributed by atoms with van der Waals surface area (Å²) in [6.45, 7) is 5.44. The average molecular weight is 375 g/mol. The number of ether oxygens (including phenoxy) is 2. The van der Waals surface area contributed by atoms with E-state index in [1.54, 1.807) is 20.8 Å². The van der Waals surface area contributed by atoms with Crippen LogP contribution < -0.4 is 0 Å². The van der Waals surface area contributed by atoms with Crippen LogP contribution in [0.3, 0.4) is 0 Å². The number of thiophene rings is 1. The van der Waals surface area contributed by atoms with Crippen molar-refractivity contribution in [3.05, 3.63) is 16.3 Å². The van der Waals surface area contributed by atoms with Crippen molar-refractivity contribution in [2.75, 3.05) is 19.7 Å². The van der Waals surface area contributed by atoms with E-state index < -0.39 is 34.2 Å². The first-order valence-corrected chi connectivity index (χ1v) is 9.90. The zero-order valence-electron chi connectivity index (χ0n) is 13.9. The lowest BCUT2D eigenvalue weighted by molar-refractivity contribution is -0.158. The maximum Gasteiger partial charge on any atom is 0.350 e. The molecule has 1 aromatic rings. The van der Waals surface area contributed by atoms with E-state index in [1.165, 1.54) is 15.8 Å². The SMILES string of the molecule is CC(C)(C)OC(=O)COC(=O)c1sccc1S(=O)(=O)N1CCCC1. The molecule has 2 rings (SSSR count). The Bertz CT molecular complexity index is 711. The van der Waals surface area contributed by atoms with Gasteiger partial charge in [-0.05, 0) is 45.1 Å². The Labute approximate surface area is 145 Å². The quantitative estimate of drug-likeness (QED) is 0.732. The summed E-state index contributed by atoms with van der Waals surface area (Å²) < 4.78 is 36.5. The molecule has 1 fully saturated rings. The van der Waals surface area contributed by atoms with Gasteiger partial charge in [-0.1, -0.05) is 0 Å². The molecule has 0 N–H and O–H groups in total. The lowest BCUT2D eigenvalue weighted by atomic mass is 10.2. The minimum absolute atomic E-state index is 0.0227. The van der Waals surface area contributed by atoms with E-state index in [1.807, 2.05) is 0 Å². The summed E-state index contributed by atoms with van der Waals surface area (Å²) in [5, 5.41) is 1.52. The van der Waals surface area contributed by atoms with Crippen LogP contribution in [0.5, 0.6) is 0 Å². The van der Waals surface area contributed by atoms with Crippen molar-refractivity contribution >= 4 is 33.3 Å². The fourth-order valence-corrected chi connectivity index (χ4v) is 5.08. The molecule has 1 saturated heterocycles. The Balaban J connectivity index is 2.07. The van der Waals surface area contributed by atoms with Crippen molar-refractivity contribution in [1.82, 2.24) is 4.31 Å². The van der Waals surface area contributed by atoms with Gasteiger partial charge in [0.15, 0.2) is 6.61 Å². The third kappa shape index (κ3) is 4.55. The highest BCUT2D eigenvalue weighted by Crippen LogP contribution is 2.28. The van der Waals surface area contributed by atoms with Gasteiger partial charge < -0.3 is 9.47 Å². The highest BCUT2D eigenvalue weighted by Gasteiger charge is 2.32. The molecule has 0 bridgehead atoms. The summed E-state index contributed by atoms with van der Waals surface area (Å²) in [6.07, 6.45) is 1.61. The van der Waals surface area contributed by atoms with Crippen LogP contribution in [-0.4, -0.2) is 50.0 Å². The summed E-state index contributed by atoms with van der Waals surface area (Å²) in [6, 6.07) is 1.39. The second-order valence-corrected chi connectivity index (χ2v) is 9.21. The van der Waals surface area contributed by atoms with Gasteiger partial charge in [0.25, 0.3) is 0 Å². The summed E-state index contributed by atoms with van der Waals surface area (Å²) in [7, 11) is -3.71. The zero-order valence-corrected chi connectivity index (χ0v) is 15.5. The van der Waals surface area contributed by atoms with Gasteiger partial charge in [0.05, 0.1) is 0 Å². The molecule has 0 saturated carbocycles. The first-order chi connectivity index (χ1) is 11.1. The van der Waals surface area contributed by atoms with Crippen molar-refractivity contribution in [2.45, 2.75) is 44.1 Å². The number of sulfonamides is 1. The van der Waals surface area contributed by atoms with E-state index in [-0.39, 0.29) is 9.77 Å². The van der Waals surface area contributed by atoms with Gasteiger partial charge in [-0.25, -0.2) is 18.0 Å². The largest absolute Gasteiger partial charge is 0.457 e. The van der Waals surface area contributed by atoms with E-state index in [0.717, 1.165) is 24.2 Å². The van der Waals surface area contributed by atoms with Crippen molar-refractivity contribution in [1.29, 1.82) is 0 Å². The molecule has 24 heavy (non-hydrogen) atoms. The molecule has 134 valence electrons. The number of carbonyl (C=O) groups excluding carboxylic acids is 2. The molecule has 0 radical (unpaired) electrons. The minimum Gasteiger partial charge on any atom is -0.457 e. The second kappa shape index (κ2) is 7.20. The second-order valence-electron chi connectivity index (χ2n) is 6.39. The van der Waals surface area contributed by atoms with E-state index >= 15 is 0 Å². The molecule has 7 nitrogen and oxygen atoms in total. The Morgan fingerprint density at radius 1 is 1.25 bits per heavy atom. The molecule has 0 amide bonds. The van der Waals surface area contributed by atoms with E-state index in [9.17, 15) is 18.0 Å². The number of carbonyl (C=O) groups is 2. The Morgan fingerprint density at radius 2 is 1.88 bits per heavy atom. The first kappa shape index (κ1) is 18.9. The summed E-state index contributed by atoms with van der Waals surface area (Å²) >= 11 is 0.976. The molecule has 1 aliphatic rings. The van der Waals surface area contributed by atoms with Gasteiger partial charge in [-0.15, -0.1) is 11.3 Å². The predicted octanol–water partition coefficient (Wildman–Crippen LogP) is 2.03. The normalized spacial score (nSPS) is 16.1. The maximum absolute atomic E-state index is 12.6. The van der Waals surface area contributed by atoms with E-state index in [2.05, 4.69) is 0 Å². The molecular weight excluding hydrogens is 354 g/mol. The highest BCUT2D eigenvalue weighted by atomic mass is 32.2. The van der Waals surface area contributed by atoms with E-state index in [4.69, 9.17) is 9.47 Å². The molecule has 9 heteroatoms. The standard InChI is InChI=1S/C15H21NO6S2/c1-15(2,3)22-12(17)10-21-14(18)13-11(6-9-23-13)24(19,20)16-7-4-5-8-16/h6,9H,4-5,7-8,10H2,1-3H3. The third-order valence-corrected chi connectivity index (χ3v) is 6.20. The van der Waals surface area contributed by atoms with Crippen molar-refractivity contribution in [2.24, 2.45) is 0 Å². The van der Waals surface area contributed by atoms with Crippen molar-refractivity contribution in [3.63, 3.8) is 0 Å². The van der Waals surface area contributed by atoms with Gasteiger partial charge >= 0.3 is 11.9 Å². The van der Waals surface area contributed by atoms with Crippen LogP contribution in [-0.2, 0) is 24.3 Å². The van der Waals surface area contributed by atoms with Crippen LogP contribution in [0.15, 0.2) is 16.3 Å². The summed E-state index contributed by atoms with van der Waals surface area (Å²) in [4.78, 5) is 23.7. The monoisotopic (exact) mass is 375 g/mol. The van der Waals surface area contributed by atoms with Gasteiger partial charge in [-0.2, -0.15) is 4.31 Å². The molecular formula is C15H21NO6S2. The fourth-order valence-electron chi connectivity index (χ4n) is 2.28. The highest BCUT2D eigenvalue weighted by molar-refractivity contribution is 7.89. The Kier molecular flexibility index (Phi) is 5.67. The lowest BCUT2D eigenvalue weighted by Gasteiger charge is -2.19. The number of hydrogen-bond donors (Lipinski definition) is 0.